The molecule has 2 aromatic carbocycles. The third kappa shape index (κ3) is 2.78. The first kappa shape index (κ1) is 17.1. The molecule has 0 aliphatic carbocycles. The number of nitrogen functional groups attached to an aromatic ring is 1. The van der Waals surface area contributed by atoms with Crippen LogP contribution in [0, 0.1) is 5.82 Å². The molecule has 3 aromatic rings. The van der Waals surface area contributed by atoms with Crippen molar-refractivity contribution in [3.05, 3.63) is 59.4 Å². The SMILES string of the molecule is CC(C)S(=O)(=O)n1c(N)nc2cc(F)c(C(=O)c3ccccc3)cc21. The van der Waals surface area contributed by atoms with E-state index in [1.54, 1.807) is 30.3 Å². The molecule has 3 rings (SSSR count). The zero-order valence-electron chi connectivity index (χ0n) is 13.6. The lowest BCUT2D eigenvalue weighted by Crippen LogP contribution is -2.23. The van der Waals surface area contributed by atoms with Crippen LogP contribution in [0.25, 0.3) is 11.0 Å². The summed E-state index contributed by atoms with van der Waals surface area (Å²) in [5.41, 5.74) is 5.94. The van der Waals surface area contributed by atoms with Gasteiger partial charge in [0, 0.05) is 11.6 Å². The Morgan fingerprint density at radius 1 is 1.20 bits per heavy atom. The number of nitrogens with zero attached hydrogens (tertiary/aromatic N) is 2. The van der Waals surface area contributed by atoms with Crippen LogP contribution in [0.2, 0.25) is 0 Å². The van der Waals surface area contributed by atoms with E-state index in [4.69, 9.17) is 5.73 Å². The Kier molecular flexibility index (Phi) is 4.08. The molecule has 0 atom stereocenters. The van der Waals surface area contributed by atoms with Crippen LogP contribution in [0.15, 0.2) is 42.5 Å². The van der Waals surface area contributed by atoms with E-state index in [9.17, 15) is 17.6 Å². The topological polar surface area (TPSA) is 95.1 Å². The normalized spacial score (nSPS) is 12.0. The largest absolute Gasteiger partial charge is 0.368 e. The van der Waals surface area contributed by atoms with Crippen molar-refractivity contribution >= 4 is 32.8 Å². The summed E-state index contributed by atoms with van der Waals surface area (Å²) in [7, 11) is -3.82. The summed E-state index contributed by atoms with van der Waals surface area (Å²) in [5, 5.41) is -0.759. The highest BCUT2D eigenvalue weighted by Gasteiger charge is 2.26. The molecule has 2 N–H and O–H groups in total. The van der Waals surface area contributed by atoms with Gasteiger partial charge >= 0.3 is 0 Å². The highest BCUT2D eigenvalue weighted by molar-refractivity contribution is 7.90. The van der Waals surface area contributed by atoms with Gasteiger partial charge in [-0.05, 0) is 19.9 Å². The van der Waals surface area contributed by atoms with Gasteiger partial charge in [0.2, 0.25) is 16.0 Å². The van der Waals surface area contributed by atoms with Gasteiger partial charge in [-0.1, -0.05) is 30.3 Å². The van der Waals surface area contributed by atoms with Crippen LogP contribution in [0.5, 0.6) is 0 Å². The summed E-state index contributed by atoms with van der Waals surface area (Å²) in [5.74, 6) is -1.60. The van der Waals surface area contributed by atoms with Crippen molar-refractivity contribution in [3.63, 3.8) is 0 Å². The molecule has 0 saturated carbocycles. The Morgan fingerprint density at radius 2 is 1.84 bits per heavy atom. The van der Waals surface area contributed by atoms with Crippen LogP contribution in [-0.4, -0.2) is 28.4 Å². The quantitative estimate of drug-likeness (QED) is 0.721. The Morgan fingerprint density at radius 3 is 2.44 bits per heavy atom. The van der Waals surface area contributed by atoms with E-state index in [-0.39, 0.29) is 22.5 Å². The number of carbonyl (C=O) groups excluding carboxylic acids is 1. The molecule has 0 saturated heterocycles. The molecule has 0 bridgehead atoms. The van der Waals surface area contributed by atoms with Gasteiger partial charge in [0.25, 0.3) is 0 Å². The average Bonchev–Trinajstić information content (AvgIpc) is 2.89. The molecule has 0 aliphatic heterocycles. The zero-order valence-corrected chi connectivity index (χ0v) is 14.4. The fraction of sp³-hybridized carbons (Fsp3) is 0.176. The van der Waals surface area contributed by atoms with Crippen molar-refractivity contribution in [1.82, 2.24) is 8.96 Å². The zero-order chi connectivity index (χ0) is 18.4. The standard InChI is InChI=1S/C17H16FN3O3S/c1-10(2)25(23,24)21-15-8-12(13(18)9-14(15)20-17(21)19)16(22)11-6-4-3-5-7-11/h3-10H,1-2H3,(H2,19,20). The van der Waals surface area contributed by atoms with E-state index in [1.165, 1.54) is 19.9 Å². The number of aromatic nitrogens is 2. The number of carbonyl (C=O) groups is 1. The van der Waals surface area contributed by atoms with Crippen LogP contribution in [0.4, 0.5) is 10.3 Å². The average molecular weight is 361 g/mol. The highest BCUT2D eigenvalue weighted by Crippen LogP contribution is 2.26. The number of rotatable bonds is 4. The molecule has 1 heterocycles. The van der Waals surface area contributed by atoms with E-state index in [2.05, 4.69) is 4.98 Å². The van der Waals surface area contributed by atoms with Crippen molar-refractivity contribution in [1.29, 1.82) is 0 Å². The van der Waals surface area contributed by atoms with Gasteiger partial charge in [0.15, 0.2) is 5.78 Å². The molecule has 0 unspecified atom stereocenters. The van der Waals surface area contributed by atoms with E-state index in [1.807, 2.05) is 0 Å². The van der Waals surface area contributed by atoms with Gasteiger partial charge in [0.1, 0.15) is 5.82 Å². The van der Waals surface area contributed by atoms with E-state index in [0.29, 0.717) is 5.56 Å². The van der Waals surface area contributed by atoms with Gasteiger partial charge in [-0.15, -0.1) is 0 Å². The predicted octanol–water partition coefficient (Wildman–Crippen LogP) is 2.57. The lowest BCUT2D eigenvalue weighted by Gasteiger charge is -2.11. The minimum Gasteiger partial charge on any atom is -0.368 e. The fourth-order valence-electron chi connectivity index (χ4n) is 2.49. The van der Waals surface area contributed by atoms with Gasteiger partial charge < -0.3 is 5.73 Å². The number of nitrogens with two attached hydrogens (primary N) is 1. The molecule has 8 heteroatoms. The Labute approximate surface area is 144 Å². The maximum Gasteiger partial charge on any atom is 0.244 e. The van der Waals surface area contributed by atoms with Crippen LogP contribution in [0.1, 0.15) is 29.8 Å². The second-order valence-corrected chi connectivity index (χ2v) is 8.18. The monoisotopic (exact) mass is 361 g/mol. The van der Waals surface area contributed by atoms with Crippen LogP contribution < -0.4 is 5.73 Å². The second-order valence-electron chi connectivity index (χ2n) is 5.84. The molecule has 1 aromatic heterocycles. The van der Waals surface area contributed by atoms with Gasteiger partial charge in [0.05, 0.1) is 21.8 Å². The smallest absolute Gasteiger partial charge is 0.244 e. The maximum absolute atomic E-state index is 14.4. The molecule has 0 radical (unpaired) electrons. The Bertz CT molecular complexity index is 1070. The number of ketones is 1. The summed E-state index contributed by atoms with van der Waals surface area (Å²) < 4.78 is 40.3. The summed E-state index contributed by atoms with van der Waals surface area (Å²) in [6.45, 7) is 3.00. The molecule has 0 fully saturated rings. The van der Waals surface area contributed by atoms with Gasteiger partial charge in [-0.2, -0.15) is 0 Å². The van der Waals surface area contributed by atoms with Crippen LogP contribution >= 0.6 is 0 Å². The minimum absolute atomic E-state index is 0.0730. The third-order valence-electron chi connectivity index (χ3n) is 3.86. The first-order valence-electron chi connectivity index (χ1n) is 7.55. The lowest BCUT2D eigenvalue weighted by molar-refractivity contribution is 0.103. The summed E-state index contributed by atoms with van der Waals surface area (Å²) in [6, 6.07) is 10.4. The number of hydrogen-bond acceptors (Lipinski definition) is 5. The fourth-order valence-corrected chi connectivity index (χ4v) is 3.64. The van der Waals surface area contributed by atoms with Gasteiger partial charge in [-0.25, -0.2) is 21.8 Å². The van der Waals surface area contributed by atoms with Gasteiger partial charge in [-0.3, -0.25) is 4.79 Å². The summed E-state index contributed by atoms with van der Waals surface area (Å²) in [4.78, 5) is 16.5. The number of fused-ring (bicyclic) bond motifs is 1. The third-order valence-corrected chi connectivity index (χ3v) is 5.94. The molecular formula is C17H16FN3O3S. The molecule has 0 aliphatic rings. The molecule has 0 spiro atoms. The molecule has 130 valence electrons. The van der Waals surface area contributed by atoms with E-state index < -0.39 is 26.9 Å². The number of anilines is 1. The van der Waals surface area contributed by atoms with Crippen molar-refractivity contribution < 1.29 is 17.6 Å². The molecule has 0 amide bonds. The predicted molar refractivity (Wildman–Crippen MR) is 93.4 cm³/mol. The lowest BCUT2D eigenvalue weighted by atomic mass is 10.0. The number of halogens is 1. The summed E-state index contributed by atoms with van der Waals surface area (Å²) >= 11 is 0. The Hall–Kier alpha value is -2.74. The van der Waals surface area contributed by atoms with Crippen molar-refractivity contribution in [2.75, 3.05) is 5.73 Å². The first-order chi connectivity index (χ1) is 11.7. The number of imidazole rings is 1. The maximum atomic E-state index is 14.4. The molecule has 6 nitrogen and oxygen atoms in total. The van der Waals surface area contributed by atoms with Crippen LogP contribution in [0.3, 0.4) is 0 Å². The van der Waals surface area contributed by atoms with Crippen molar-refractivity contribution in [2.45, 2.75) is 19.1 Å². The number of hydrogen-bond donors (Lipinski definition) is 1. The van der Waals surface area contributed by atoms with Crippen molar-refractivity contribution in [2.24, 2.45) is 0 Å². The minimum atomic E-state index is -3.82. The molecule has 25 heavy (non-hydrogen) atoms. The Balaban J connectivity index is 2.27. The summed E-state index contributed by atoms with van der Waals surface area (Å²) in [6.07, 6.45) is 0. The van der Waals surface area contributed by atoms with Crippen LogP contribution in [-0.2, 0) is 10.0 Å². The van der Waals surface area contributed by atoms with E-state index >= 15 is 0 Å². The number of benzene rings is 2. The van der Waals surface area contributed by atoms with E-state index in [0.717, 1.165) is 10.0 Å². The molecular weight excluding hydrogens is 345 g/mol. The highest BCUT2D eigenvalue weighted by atomic mass is 32.2. The second kappa shape index (κ2) is 5.96. The van der Waals surface area contributed by atoms with Crippen molar-refractivity contribution in [3.8, 4) is 0 Å². The first-order valence-corrected chi connectivity index (χ1v) is 9.05.